The third kappa shape index (κ3) is 4.15. The van der Waals surface area contributed by atoms with E-state index >= 15 is 0 Å². The fourth-order valence-electron chi connectivity index (χ4n) is 0.154. The Hall–Kier alpha value is 0.150. The van der Waals surface area contributed by atoms with Gasteiger partial charge in [-0.25, -0.2) is 0 Å². The maximum absolute atomic E-state index is 11.5. The lowest BCUT2D eigenvalue weighted by Crippen LogP contribution is -1.50. The number of allylic oxidation sites excluding steroid dienone is 1. The molecular weight excluding hydrogens is 147 g/mol. The van der Waals surface area contributed by atoms with Crippen LogP contribution in [0.15, 0.2) is 10.8 Å². The van der Waals surface area contributed by atoms with Gasteiger partial charge in [0.15, 0.2) is 4.74 Å². The zero-order chi connectivity index (χ0) is 4.99. The van der Waals surface area contributed by atoms with E-state index in [2.05, 4.69) is 15.9 Å². The molecule has 0 N–H and O–H groups in total. The summed E-state index contributed by atoms with van der Waals surface area (Å²) in [5, 5.41) is 0. The molecule has 0 radical (unpaired) electrons. The van der Waals surface area contributed by atoms with E-state index in [-0.39, 0.29) is 4.74 Å². The first-order chi connectivity index (χ1) is 2.77. The summed E-state index contributed by atoms with van der Waals surface area (Å²) >= 11 is 2.63. The summed E-state index contributed by atoms with van der Waals surface area (Å²) in [6.45, 7) is 1.88. The lowest BCUT2D eigenvalue weighted by atomic mass is 10.5. The first-order valence-corrected chi connectivity index (χ1v) is 2.57. The average Bonchev–Trinajstić information content (AvgIpc) is 1.35. The molecule has 0 aliphatic carbocycles. The summed E-state index contributed by atoms with van der Waals surface area (Å²) < 4.78 is 11.2. The van der Waals surface area contributed by atoms with E-state index in [1.165, 1.54) is 6.08 Å². The zero-order valence-corrected chi connectivity index (χ0v) is 5.13. The average molecular weight is 153 g/mol. The van der Waals surface area contributed by atoms with Gasteiger partial charge in [-0.15, -0.1) is 0 Å². The zero-order valence-electron chi connectivity index (χ0n) is 3.54. The van der Waals surface area contributed by atoms with Crippen molar-refractivity contribution in [2.75, 3.05) is 0 Å². The Morgan fingerprint density at radius 3 is 2.50 bits per heavy atom. The Bertz CT molecular complexity index is 54.6. The Morgan fingerprint density at radius 1 is 2.00 bits per heavy atom. The summed E-state index contributed by atoms with van der Waals surface area (Å²) in [4.78, 5) is 0. The molecule has 0 aromatic carbocycles. The van der Waals surface area contributed by atoms with Crippen molar-refractivity contribution in [3.8, 4) is 0 Å². The minimum absolute atomic E-state index is 0.273. The molecule has 0 saturated carbocycles. The lowest BCUT2D eigenvalue weighted by molar-refractivity contribution is 0.699. The van der Waals surface area contributed by atoms with Crippen LogP contribution in [0.5, 0.6) is 0 Å². The van der Waals surface area contributed by atoms with Crippen molar-refractivity contribution in [2.24, 2.45) is 0 Å². The maximum atomic E-state index is 11.5. The minimum atomic E-state index is -0.273. The molecule has 0 amide bonds. The topological polar surface area (TPSA) is 0 Å². The van der Waals surface area contributed by atoms with Crippen LogP contribution in [0.1, 0.15) is 13.3 Å². The van der Waals surface area contributed by atoms with Crippen molar-refractivity contribution in [1.82, 2.24) is 0 Å². The molecule has 0 nitrogen and oxygen atoms in total. The molecule has 0 atom stereocenters. The van der Waals surface area contributed by atoms with Crippen molar-refractivity contribution in [3.05, 3.63) is 10.8 Å². The molecular formula is C4H6BrF. The second-order valence-electron chi connectivity index (χ2n) is 0.902. The van der Waals surface area contributed by atoms with Crippen molar-refractivity contribution in [1.29, 1.82) is 0 Å². The summed E-state index contributed by atoms with van der Waals surface area (Å²) in [6.07, 6.45) is 2.21. The maximum Gasteiger partial charge on any atom is 0.161 e. The monoisotopic (exact) mass is 152 g/mol. The van der Waals surface area contributed by atoms with Crippen LogP contribution >= 0.6 is 15.9 Å². The molecule has 0 heterocycles. The third-order valence-corrected chi connectivity index (χ3v) is 0.682. The fourth-order valence-corrected chi connectivity index (χ4v) is 0.478. The molecule has 0 saturated heterocycles. The quantitative estimate of drug-likeness (QED) is 0.543. The molecule has 0 fully saturated rings. The Labute approximate surface area is 45.2 Å². The Morgan fingerprint density at radius 2 is 2.50 bits per heavy atom. The molecule has 0 unspecified atom stereocenters. The van der Waals surface area contributed by atoms with Gasteiger partial charge in [-0.2, -0.15) is 4.39 Å². The van der Waals surface area contributed by atoms with Crippen molar-refractivity contribution < 1.29 is 4.39 Å². The highest BCUT2D eigenvalue weighted by Gasteiger charge is 1.75. The summed E-state index contributed by atoms with van der Waals surface area (Å²) in [5.74, 6) is 0. The minimum Gasteiger partial charge on any atom is -0.199 e. The predicted octanol–water partition coefficient (Wildman–Crippen LogP) is 2.60. The standard InChI is InChI=1S/C4H6BrF/c1-2-3-4(5)6/h3H,2H2,1H3. The molecule has 0 aliphatic rings. The van der Waals surface area contributed by atoms with E-state index in [0.717, 1.165) is 6.42 Å². The Kier molecular flexibility index (Phi) is 3.43. The van der Waals surface area contributed by atoms with Crippen molar-refractivity contribution >= 4 is 15.9 Å². The number of halogens is 2. The van der Waals surface area contributed by atoms with E-state index in [1.807, 2.05) is 6.92 Å². The van der Waals surface area contributed by atoms with Crippen LogP contribution in [0.2, 0.25) is 0 Å². The summed E-state index contributed by atoms with van der Waals surface area (Å²) in [5.41, 5.74) is 0. The molecule has 2 heteroatoms. The third-order valence-electron chi connectivity index (χ3n) is 0.358. The molecule has 0 bridgehead atoms. The molecule has 0 rings (SSSR count). The molecule has 0 aromatic heterocycles. The van der Waals surface area contributed by atoms with Gasteiger partial charge in [0.25, 0.3) is 0 Å². The highest BCUT2D eigenvalue weighted by atomic mass is 79.9. The number of hydrogen-bond donors (Lipinski definition) is 0. The van der Waals surface area contributed by atoms with E-state index < -0.39 is 0 Å². The van der Waals surface area contributed by atoms with Gasteiger partial charge in [0.1, 0.15) is 0 Å². The summed E-state index contributed by atoms with van der Waals surface area (Å²) in [6, 6.07) is 0. The van der Waals surface area contributed by atoms with Crippen LogP contribution in [-0.4, -0.2) is 0 Å². The first-order valence-electron chi connectivity index (χ1n) is 1.78. The normalized spacial score (nSPS) is 12.2. The second-order valence-corrected chi connectivity index (χ2v) is 1.66. The smallest absolute Gasteiger partial charge is 0.161 e. The van der Waals surface area contributed by atoms with Crippen LogP contribution in [-0.2, 0) is 0 Å². The highest BCUT2D eigenvalue weighted by Crippen LogP contribution is 2.04. The molecule has 0 aromatic rings. The fraction of sp³-hybridized carbons (Fsp3) is 0.500. The predicted molar refractivity (Wildman–Crippen MR) is 28.4 cm³/mol. The SMILES string of the molecule is CCC=C(F)Br. The lowest BCUT2D eigenvalue weighted by Gasteiger charge is -1.73. The van der Waals surface area contributed by atoms with E-state index in [4.69, 9.17) is 0 Å². The van der Waals surface area contributed by atoms with Gasteiger partial charge in [-0.3, -0.25) is 0 Å². The molecule has 0 spiro atoms. The van der Waals surface area contributed by atoms with Crippen LogP contribution in [0.25, 0.3) is 0 Å². The van der Waals surface area contributed by atoms with E-state index in [0.29, 0.717) is 0 Å². The van der Waals surface area contributed by atoms with Crippen LogP contribution in [0.3, 0.4) is 0 Å². The highest BCUT2D eigenvalue weighted by molar-refractivity contribution is 9.11. The van der Waals surface area contributed by atoms with Gasteiger partial charge in [0, 0.05) is 0 Å². The van der Waals surface area contributed by atoms with Gasteiger partial charge < -0.3 is 0 Å². The van der Waals surface area contributed by atoms with Gasteiger partial charge in [-0.05, 0) is 28.4 Å². The summed E-state index contributed by atoms with van der Waals surface area (Å²) in [7, 11) is 0. The van der Waals surface area contributed by atoms with Crippen molar-refractivity contribution in [2.45, 2.75) is 13.3 Å². The molecule has 6 heavy (non-hydrogen) atoms. The second kappa shape index (κ2) is 3.34. The number of hydrogen-bond acceptors (Lipinski definition) is 0. The van der Waals surface area contributed by atoms with Gasteiger partial charge in [0.2, 0.25) is 0 Å². The van der Waals surface area contributed by atoms with E-state index in [1.54, 1.807) is 0 Å². The van der Waals surface area contributed by atoms with Gasteiger partial charge in [0.05, 0.1) is 0 Å². The molecule has 36 valence electrons. The Balaban J connectivity index is 3.14. The van der Waals surface area contributed by atoms with E-state index in [9.17, 15) is 4.39 Å². The number of rotatable bonds is 1. The van der Waals surface area contributed by atoms with Crippen LogP contribution in [0, 0.1) is 0 Å². The van der Waals surface area contributed by atoms with Gasteiger partial charge in [-0.1, -0.05) is 6.92 Å². The molecule has 0 aliphatic heterocycles. The van der Waals surface area contributed by atoms with Crippen LogP contribution < -0.4 is 0 Å². The van der Waals surface area contributed by atoms with Crippen molar-refractivity contribution in [3.63, 3.8) is 0 Å². The first kappa shape index (κ1) is 6.15. The van der Waals surface area contributed by atoms with Gasteiger partial charge >= 0.3 is 0 Å². The largest absolute Gasteiger partial charge is 0.199 e. The van der Waals surface area contributed by atoms with Crippen LogP contribution in [0.4, 0.5) is 4.39 Å².